The third-order valence-corrected chi connectivity index (χ3v) is 7.52. The van der Waals surface area contributed by atoms with E-state index in [4.69, 9.17) is 4.98 Å². The van der Waals surface area contributed by atoms with Gasteiger partial charge in [-0.05, 0) is 51.0 Å². The van der Waals surface area contributed by atoms with Crippen molar-refractivity contribution in [1.82, 2.24) is 14.5 Å². The lowest BCUT2D eigenvalue weighted by molar-refractivity contribution is -0.131. The summed E-state index contributed by atoms with van der Waals surface area (Å²) in [6.07, 6.45) is 6.58. The van der Waals surface area contributed by atoms with Gasteiger partial charge in [-0.15, -0.1) is 11.3 Å². The number of piperidine rings is 1. The quantitative estimate of drug-likeness (QED) is 0.610. The van der Waals surface area contributed by atoms with Gasteiger partial charge in [-0.1, -0.05) is 11.8 Å². The van der Waals surface area contributed by atoms with Crippen LogP contribution >= 0.6 is 23.1 Å². The molecule has 134 valence electrons. The fourth-order valence-electron chi connectivity index (χ4n) is 3.79. The predicted octanol–water partition coefficient (Wildman–Crippen LogP) is 2.98. The molecule has 2 aromatic heterocycles. The molecule has 0 saturated carbocycles. The minimum Gasteiger partial charge on any atom is -0.342 e. The number of amides is 1. The summed E-state index contributed by atoms with van der Waals surface area (Å²) in [5.74, 6) is 0.160. The van der Waals surface area contributed by atoms with E-state index in [1.54, 1.807) is 23.0 Å². The summed E-state index contributed by atoms with van der Waals surface area (Å²) >= 11 is 3.06. The van der Waals surface area contributed by atoms with Gasteiger partial charge in [0.25, 0.3) is 5.56 Å². The largest absolute Gasteiger partial charge is 0.342 e. The van der Waals surface area contributed by atoms with Crippen molar-refractivity contribution in [2.24, 2.45) is 7.05 Å². The lowest BCUT2D eigenvalue weighted by atomic mass is 10.1. The second-order valence-corrected chi connectivity index (χ2v) is 9.33. The number of hydrogen-bond donors (Lipinski definition) is 0. The van der Waals surface area contributed by atoms with Gasteiger partial charge in [0.2, 0.25) is 5.91 Å². The Bertz CT molecular complexity index is 881. The smallest absolute Gasteiger partial charge is 0.262 e. The first-order valence-electron chi connectivity index (χ1n) is 9.03. The highest BCUT2D eigenvalue weighted by atomic mass is 32.2. The number of thiophene rings is 1. The number of thioether (sulfide) groups is 1. The lowest BCUT2D eigenvalue weighted by Crippen LogP contribution is -2.40. The van der Waals surface area contributed by atoms with Crippen LogP contribution in [0.1, 0.15) is 43.0 Å². The van der Waals surface area contributed by atoms with Crippen LogP contribution in [0.15, 0.2) is 9.95 Å². The third kappa shape index (κ3) is 3.01. The molecule has 0 radical (unpaired) electrons. The summed E-state index contributed by atoms with van der Waals surface area (Å²) in [4.78, 5) is 34.4. The standard InChI is InChI=1S/C18H23N3O2S2/c1-11(16(22)21-9-4-3-5-10-21)24-18-19-15-14(17(23)20(18)2)12-7-6-8-13(12)25-15/h11H,3-10H2,1-2H3/t11-/m0/s1. The van der Waals surface area contributed by atoms with Gasteiger partial charge in [0.15, 0.2) is 5.16 Å². The van der Waals surface area contributed by atoms with Crippen LogP contribution in [0.5, 0.6) is 0 Å². The molecule has 1 aliphatic carbocycles. The zero-order valence-corrected chi connectivity index (χ0v) is 16.3. The van der Waals surface area contributed by atoms with E-state index in [1.165, 1.54) is 28.6 Å². The zero-order chi connectivity index (χ0) is 17.6. The van der Waals surface area contributed by atoms with E-state index in [0.717, 1.165) is 55.4 Å². The van der Waals surface area contributed by atoms with E-state index in [0.29, 0.717) is 5.16 Å². The van der Waals surface area contributed by atoms with Crippen LogP contribution in [-0.4, -0.2) is 38.7 Å². The fraction of sp³-hybridized carbons (Fsp3) is 0.611. The van der Waals surface area contributed by atoms with Crippen molar-refractivity contribution < 1.29 is 4.79 Å². The van der Waals surface area contributed by atoms with E-state index in [-0.39, 0.29) is 16.7 Å². The molecule has 1 aliphatic heterocycles. The van der Waals surface area contributed by atoms with Crippen molar-refractivity contribution in [3.63, 3.8) is 0 Å². The number of likely N-dealkylation sites (tertiary alicyclic amines) is 1. The van der Waals surface area contributed by atoms with Crippen molar-refractivity contribution in [2.75, 3.05) is 13.1 Å². The lowest BCUT2D eigenvalue weighted by Gasteiger charge is -2.29. The maximum Gasteiger partial charge on any atom is 0.262 e. The Labute approximate surface area is 155 Å². The number of carbonyl (C=O) groups is 1. The molecule has 7 heteroatoms. The Morgan fingerprint density at radius 3 is 2.72 bits per heavy atom. The molecule has 1 atom stereocenters. The number of nitrogens with zero attached hydrogens (tertiary/aromatic N) is 3. The second-order valence-electron chi connectivity index (χ2n) is 6.94. The average molecular weight is 378 g/mol. The van der Waals surface area contributed by atoms with Crippen LogP contribution in [0.2, 0.25) is 0 Å². The van der Waals surface area contributed by atoms with E-state index in [1.807, 2.05) is 11.8 Å². The summed E-state index contributed by atoms with van der Waals surface area (Å²) in [5, 5.41) is 1.23. The normalized spacial score (nSPS) is 18.6. The highest BCUT2D eigenvalue weighted by Gasteiger charge is 2.26. The highest BCUT2D eigenvalue weighted by Crippen LogP contribution is 2.36. The molecule has 5 nitrogen and oxygen atoms in total. The minimum atomic E-state index is -0.222. The Kier molecular flexibility index (Phi) is 4.62. The molecule has 3 heterocycles. The van der Waals surface area contributed by atoms with Gasteiger partial charge in [0.05, 0.1) is 10.6 Å². The highest BCUT2D eigenvalue weighted by molar-refractivity contribution is 8.00. The monoisotopic (exact) mass is 377 g/mol. The van der Waals surface area contributed by atoms with Gasteiger partial charge in [0, 0.05) is 25.0 Å². The van der Waals surface area contributed by atoms with Crippen LogP contribution in [0.3, 0.4) is 0 Å². The molecule has 2 aliphatic rings. The number of hydrogen-bond acceptors (Lipinski definition) is 5. The number of rotatable bonds is 3. The molecule has 1 amide bonds. The van der Waals surface area contributed by atoms with Crippen LogP contribution < -0.4 is 5.56 Å². The number of aromatic nitrogens is 2. The average Bonchev–Trinajstić information content (AvgIpc) is 3.20. The van der Waals surface area contributed by atoms with Gasteiger partial charge in [-0.25, -0.2) is 4.98 Å². The van der Waals surface area contributed by atoms with Crippen LogP contribution in [-0.2, 0) is 24.7 Å². The number of carbonyl (C=O) groups excluding carboxylic acids is 1. The summed E-state index contributed by atoms with van der Waals surface area (Å²) in [6.45, 7) is 3.63. The molecule has 4 rings (SSSR count). The summed E-state index contributed by atoms with van der Waals surface area (Å²) in [7, 11) is 1.77. The molecule has 2 aromatic rings. The fourth-order valence-corrected chi connectivity index (χ4v) is 6.05. The Balaban J connectivity index is 1.62. The van der Waals surface area contributed by atoms with Gasteiger partial charge >= 0.3 is 0 Å². The second kappa shape index (κ2) is 6.76. The molecule has 0 unspecified atom stereocenters. The Morgan fingerprint density at radius 2 is 1.96 bits per heavy atom. The first-order valence-corrected chi connectivity index (χ1v) is 10.7. The minimum absolute atomic E-state index is 0.0320. The van der Waals surface area contributed by atoms with Crippen molar-refractivity contribution in [2.45, 2.75) is 55.9 Å². The summed E-state index contributed by atoms with van der Waals surface area (Å²) in [5.41, 5.74) is 1.24. The van der Waals surface area contributed by atoms with E-state index in [2.05, 4.69) is 0 Å². The van der Waals surface area contributed by atoms with Crippen LogP contribution in [0, 0.1) is 0 Å². The molecule has 0 aromatic carbocycles. The molecule has 0 bridgehead atoms. The topological polar surface area (TPSA) is 55.2 Å². The van der Waals surface area contributed by atoms with Gasteiger partial charge in [-0.3, -0.25) is 14.2 Å². The number of fused-ring (bicyclic) bond motifs is 3. The predicted molar refractivity (Wildman–Crippen MR) is 103 cm³/mol. The van der Waals surface area contributed by atoms with Crippen molar-refractivity contribution in [3.8, 4) is 0 Å². The first-order chi connectivity index (χ1) is 12.1. The first kappa shape index (κ1) is 17.1. The van der Waals surface area contributed by atoms with Crippen LogP contribution in [0.4, 0.5) is 0 Å². The Morgan fingerprint density at radius 1 is 1.20 bits per heavy atom. The SMILES string of the molecule is C[C@H](Sc1nc2sc3c(c2c(=O)n1C)CCC3)C(=O)N1CCCCC1. The Hall–Kier alpha value is -1.34. The van der Waals surface area contributed by atoms with Crippen molar-refractivity contribution in [1.29, 1.82) is 0 Å². The molecule has 1 fully saturated rings. The van der Waals surface area contributed by atoms with E-state index < -0.39 is 0 Å². The molecule has 1 saturated heterocycles. The maximum absolute atomic E-state index is 12.8. The summed E-state index contributed by atoms with van der Waals surface area (Å²) < 4.78 is 1.62. The molecule has 0 N–H and O–H groups in total. The maximum atomic E-state index is 12.8. The molecule has 25 heavy (non-hydrogen) atoms. The third-order valence-electron chi connectivity index (χ3n) is 5.20. The molecular formula is C18H23N3O2S2. The zero-order valence-electron chi connectivity index (χ0n) is 14.7. The van der Waals surface area contributed by atoms with Gasteiger partial charge in [0.1, 0.15) is 4.83 Å². The summed E-state index contributed by atoms with van der Waals surface area (Å²) in [6, 6.07) is 0. The number of aryl methyl sites for hydroxylation is 2. The molecule has 0 spiro atoms. The van der Waals surface area contributed by atoms with E-state index in [9.17, 15) is 9.59 Å². The van der Waals surface area contributed by atoms with Crippen LogP contribution in [0.25, 0.3) is 10.2 Å². The molecular weight excluding hydrogens is 354 g/mol. The van der Waals surface area contributed by atoms with Crippen molar-refractivity contribution >= 4 is 39.2 Å². The van der Waals surface area contributed by atoms with Gasteiger partial charge in [-0.2, -0.15) is 0 Å². The van der Waals surface area contributed by atoms with Crippen molar-refractivity contribution in [3.05, 3.63) is 20.8 Å². The van der Waals surface area contributed by atoms with Gasteiger partial charge < -0.3 is 4.90 Å². The van der Waals surface area contributed by atoms with E-state index >= 15 is 0 Å².